The highest BCUT2D eigenvalue weighted by Crippen LogP contribution is 2.21. The van der Waals surface area contributed by atoms with Gasteiger partial charge in [0.1, 0.15) is 48.3 Å². The Hall–Kier alpha value is -6.12. The number of rotatable bonds is 32. The molecule has 3 rings (SSSR count). The van der Waals surface area contributed by atoms with Crippen LogP contribution in [0.25, 0.3) is 10.9 Å². The van der Waals surface area contributed by atoms with Gasteiger partial charge in [-0.25, -0.2) is 4.79 Å². The fourth-order valence-electron chi connectivity index (χ4n) is 8.29. The number of nitrogens with two attached hydrogens (primary N) is 3. The van der Waals surface area contributed by atoms with E-state index in [9.17, 15) is 53.4 Å². The van der Waals surface area contributed by atoms with E-state index in [2.05, 4.69) is 47.2 Å². The van der Waals surface area contributed by atoms with E-state index >= 15 is 0 Å². The van der Waals surface area contributed by atoms with E-state index < -0.39 is 120 Å². The number of hydrogen-bond donors (Lipinski definition) is 13. The Morgan fingerprint density at radius 1 is 0.760 bits per heavy atom. The molecule has 0 spiro atoms. The minimum Gasteiger partial charge on any atom is -0.480 e. The molecule has 0 bridgehead atoms. The molecule has 1 aliphatic heterocycles. The summed E-state index contributed by atoms with van der Waals surface area (Å²) in [7, 11) is 0. The van der Waals surface area contributed by atoms with Crippen LogP contribution in [0.15, 0.2) is 35.5 Å². The maximum Gasteiger partial charge on any atom is 0.326 e. The van der Waals surface area contributed by atoms with Crippen molar-refractivity contribution in [1.29, 1.82) is 0 Å². The minimum absolute atomic E-state index is 0.00617. The lowest BCUT2D eigenvalue weighted by atomic mass is 9.98. The maximum atomic E-state index is 14.5. The Balaban J connectivity index is 1.84. The average Bonchev–Trinajstić information content (AvgIpc) is 4.04. The number of hydrogen-bond acceptors (Lipinski definition) is 14. The number of thioether (sulfide) groups is 2. The van der Waals surface area contributed by atoms with Gasteiger partial charge >= 0.3 is 5.97 Å². The first kappa shape index (κ1) is 63.2. The van der Waals surface area contributed by atoms with Gasteiger partial charge < -0.3 is 74.5 Å². The first-order valence-corrected chi connectivity index (χ1v) is 28.0. The molecule has 0 radical (unpaired) electrons. The molecule has 2 aromatic rings. The lowest BCUT2D eigenvalue weighted by Gasteiger charge is -2.29. The molecule has 8 amide bonds. The number of carbonyl (C=O) groups is 9. The number of nitrogens with one attached hydrogen (secondary N) is 8. The van der Waals surface area contributed by atoms with Gasteiger partial charge in [-0.15, -0.1) is 0 Å². The number of benzene rings is 1. The molecule has 16 N–H and O–H groups in total. The van der Waals surface area contributed by atoms with E-state index in [1.165, 1.54) is 23.6 Å². The highest BCUT2D eigenvalue weighted by molar-refractivity contribution is 7.98. The number of likely N-dealkylation sites (tertiary alicyclic amines) is 1. The molecule has 75 heavy (non-hydrogen) atoms. The SMILES string of the molecule is CC[C@H](C)[C@H](NC(=O)[C@H](CCCN=C(N)N)NC(=O)[C@H](CCSC)NC(=O)[C@@H](NC(=O)[C@H](Cc1c[nH]c2ccccc12)NC(=O)[C@H](CO)NC(=O)[C@H](C)NC(=O)[C@@H]1CCCN1C(=O)[C@@H](N)CCSC)C(C)C)C(=O)O. The van der Waals surface area contributed by atoms with Gasteiger partial charge in [0.2, 0.25) is 47.3 Å². The zero-order chi connectivity index (χ0) is 55.9. The molecule has 1 aliphatic rings. The minimum atomic E-state index is -1.61. The number of aromatic nitrogens is 1. The third kappa shape index (κ3) is 19.5. The van der Waals surface area contributed by atoms with Gasteiger partial charge in [-0.2, -0.15) is 23.5 Å². The third-order valence-electron chi connectivity index (χ3n) is 12.9. The van der Waals surface area contributed by atoms with Crippen molar-refractivity contribution in [3.05, 3.63) is 36.0 Å². The molecule has 26 heteroatoms. The standard InChI is InChI=1S/C49H79N13O11S2/c1-8-27(4)39(48(72)73)61-42(66)33(15-11-19-53-49(51)52)56-41(65)34(18-22-75-7)57-46(70)38(26(2)3)60-43(67)35(23-29-24-54-32-14-10-9-13-30(29)32)58-44(68)36(25-63)59-40(64)28(5)55-45(69)37-16-12-20-62(37)47(71)31(50)17-21-74-6/h9-10,13-14,24,26-28,31,33-39,54,63H,8,11-12,15-23,25,50H2,1-7H3,(H,55,69)(H,56,65)(H,57,70)(H,58,68)(H,59,64)(H,60,67)(H,61,66)(H,72,73)(H4,51,52,53)/t27-,28-,31-,33-,34-,35-,36-,37-,38-,39-/m0/s1. The number of aliphatic carboxylic acids is 1. The molecule has 10 atom stereocenters. The third-order valence-corrected chi connectivity index (χ3v) is 14.2. The van der Waals surface area contributed by atoms with E-state index in [-0.39, 0.29) is 44.1 Å². The summed E-state index contributed by atoms with van der Waals surface area (Å²) in [6.45, 7) is 7.65. The highest BCUT2D eigenvalue weighted by atomic mass is 32.2. The van der Waals surface area contributed by atoms with Crippen LogP contribution in [0, 0.1) is 11.8 Å². The van der Waals surface area contributed by atoms with Crippen LogP contribution in [0.3, 0.4) is 0 Å². The number of amides is 8. The number of carboxylic acid groups (broad SMARTS) is 1. The van der Waals surface area contributed by atoms with Crippen molar-refractivity contribution >= 4 is 93.6 Å². The number of nitrogens with zero attached hydrogens (tertiary/aromatic N) is 2. The van der Waals surface area contributed by atoms with Gasteiger partial charge in [-0.1, -0.05) is 52.3 Å². The predicted octanol–water partition coefficient (Wildman–Crippen LogP) is -1.22. The van der Waals surface area contributed by atoms with E-state index in [0.717, 1.165) is 10.9 Å². The first-order chi connectivity index (χ1) is 35.6. The summed E-state index contributed by atoms with van der Waals surface area (Å²) >= 11 is 2.93. The van der Waals surface area contributed by atoms with Crippen molar-refractivity contribution in [2.45, 2.75) is 140 Å². The molecule has 24 nitrogen and oxygen atoms in total. The van der Waals surface area contributed by atoms with Crippen molar-refractivity contribution in [3.63, 3.8) is 0 Å². The largest absolute Gasteiger partial charge is 0.480 e. The van der Waals surface area contributed by atoms with E-state index in [1.54, 1.807) is 58.0 Å². The summed E-state index contributed by atoms with van der Waals surface area (Å²) in [6.07, 6.45) is 7.32. The molecule has 0 saturated carbocycles. The van der Waals surface area contributed by atoms with Gasteiger partial charge in [0.25, 0.3) is 0 Å². The Labute approximate surface area is 446 Å². The number of carboxylic acids is 1. The van der Waals surface area contributed by atoms with Crippen molar-refractivity contribution in [2.75, 3.05) is 43.7 Å². The molecule has 2 heterocycles. The normalized spacial score (nSPS) is 16.9. The van der Waals surface area contributed by atoms with Crippen LogP contribution in [0.4, 0.5) is 0 Å². The second-order valence-electron chi connectivity index (χ2n) is 19.0. The van der Waals surface area contributed by atoms with Crippen molar-refractivity contribution in [1.82, 2.24) is 47.1 Å². The van der Waals surface area contributed by atoms with E-state index in [0.29, 0.717) is 49.3 Å². The van der Waals surface area contributed by atoms with Crippen LogP contribution in [0.5, 0.6) is 0 Å². The van der Waals surface area contributed by atoms with Gasteiger partial charge in [-0.05, 0) is 92.9 Å². The predicted molar refractivity (Wildman–Crippen MR) is 289 cm³/mol. The number of fused-ring (bicyclic) bond motifs is 1. The first-order valence-electron chi connectivity index (χ1n) is 25.2. The van der Waals surface area contributed by atoms with Gasteiger partial charge in [0.15, 0.2) is 5.96 Å². The van der Waals surface area contributed by atoms with E-state index in [1.807, 2.05) is 24.5 Å². The Morgan fingerprint density at radius 3 is 1.96 bits per heavy atom. The van der Waals surface area contributed by atoms with Crippen LogP contribution in [0.1, 0.15) is 85.1 Å². The fourth-order valence-corrected chi connectivity index (χ4v) is 9.25. The Bertz CT molecular complexity index is 2300. The number of aliphatic imine (C=N–C) groups is 1. The van der Waals surface area contributed by atoms with Crippen molar-refractivity contribution in [2.24, 2.45) is 34.0 Å². The number of carbonyl (C=O) groups excluding carboxylic acids is 8. The zero-order valence-electron chi connectivity index (χ0n) is 43.9. The highest BCUT2D eigenvalue weighted by Gasteiger charge is 2.39. The molecule has 1 saturated heterocycles. The fraction of sp³-hybridized carbons (Fsp3) is 0.633. The number of H-pyrrole nitrogens is 1. The zero-order valence-corrected chi connectivity index (χ0v) is 45.6. The molecule has 0 aliphatic carbocycles. The number of aromatic amines is 1. The number of guanidine groups is 1. The van der Waals surface area contributed by atoms with Gasteiger partial charge in [0, 0.05) is 36.6 Å². The summed E-state index contributed by atoms with van der Waals surface area (Å²) < 4.78 is 0. The van der Waals surface area contributed by atoms with Crippen LogP contribution in [-0.4, -0.2) is 177 Å². The summed E-state index contributed by atoms with van der Waals surface area (Å²) in [5.74, 6) is -7.31. The number of aliphatic hydroxyl groups is 1. The van der Waals surface area contributed by atoms with Crippen LogP contribution >= 0.6 is 23.5 Å². The smallest absolute Gasteiger partial charge is 0.326 e. The van der Waals surface area contributed by atoms with Crippen LogP contribution < -0.4 is 54.4 Å². The molecule has 1 aromatic heterocycles. The Morgan fingerprint density at radius 2 is 1.33 bits per heavy atom. The Kier molecular flexibility index (Phi) is 26.7. The van der Waals surface area contributed by atoms with E-state index in [4.69, 9.17) is 17.2 Å². The topological polar surface area (TPSA) is 388 Å². The summed E-state index contributed by atoms with van der Waals surface area (Å²) in [6, 6.07) is -3.72. The maximum absolute atomic E-state index is 14.5. The lowest BCUT2D eigenvalue weighted by molar-refractivity contribution is -0.144. The molecule has 1 aromatic carbocycles. The second-order valence-corrected chi connectivity index (χ2v) is 20.9. The summed E-state index contributed by atoms with van der Waals surface area (Å²) in [5.41, 5.74) is 18.4. The average molecular weight is 1090 g/mol. The second kappa shape index (κ2) is 31.7. The van der Waals surface area contributed by atoms with Crippen LogP contribution in [-0.2, 0) is 49.6 Å². The molecular weight excluding hydrogens is 1010 g/mol. The molecule has 0 unspecified atom stereocenters. The molecule has 418 valence electrons. The quantitative estimate of drug-likeness (QED) is 0.0232. The number of aliphatic hydroxyl groups excluding tert-OH is 1. The summed E-state index contributed by atoms with van der Waals surface area (Å²) in [4.78, 5) is 131. The van der Waals surface area contributed by atoms with Crippen molar-refractivity contribution in [3.8, 4) is 0 Å². The molecule has 1 fully saturated rings. The summed E-state index contributed by atoms with van der Waals surface area (Å²) in [5, 5.41) is 39.3. The van der Waals surface area contributed by atoms with Crippen LogP contribution in [0.2, 0.25) is 0 Å². The monoisotopic (exact) mass is 1090 g/mol. The van der Waals surface area contributed by atoms with Gasteiger partial charge in [-0.3, -0.25) is 43.3 Å². The molecular formula is C49H79N13O11S2. The van der Waals surface area contributed by atoms with Crippen molar-refractivity contribution < 1.29 is 53.4 Å². The van der Waals surface area contributed by atoms with Gasteiger partial charge in [0.05, 0.1) is 12.6 Å². The number of para-hydroxylation sites is 1. The lowest BCUT2D eigenvalue weighted by Crippen LogP contribution is -2.61.